The van der Waals surface area contributed by atoms with Crippen molar-refractivity contribution < 1.29 is 14.6 Å². The number of anilines is 2. The Morgan fingerprint density at radius 2 is 1.24 bits per heavy atom. The van der Waals surface area contributed by atoms with Crippen LogP contribution in [0.25, 0.3) is 0 Å². The molecule has 2 fully saturated rings. The molecule has 2 aliphatic heterocycles. The van der Waals surface area contributed by atoms with Gasteiger partial charge in [0, 0.05) is 64.5 Å². The lowest BCUT2D eigenvalue weighted by molar-refractivity contribution is -0.394. The van der Waals surface area contributed by atoms with E-state index in [1.54, 1.807) is 0 Å². The van der Waals surface area contributed by atoms with Crippen molar-refractivity contribution in [2.75, 3.05) is 69.2 Å². The Hall–Kier alpha value is -3.87. The molecule has 1 amide bonds. The van der Waals surface area contributed by atoms with Crippen LogP contribution < -0.4 is 9.80 Å². The summed E-state index contributed by atoms with van der Waals surface area (Å²) in [6, 6.07) is 6.86. The first-order valence-electron chi connectivity index (χ1n) is 10.6. The van der Waals surface area contributed by atoms with Gasteiger partial charge in [-0.3, -0.25) is 25.0 Å². The zero-order valence-corrected chi connectivity index (χ0v) is 18.2. The molecule has 1 aromatic heterocycles. The Labute approximate surface area is 189 Å². The van der Waals surface area contributed by atoms with Gasteiger partial charge in [-0.25, -0.2) is 0 Å². The van der Waals surface area contributed by atoms with Gasteiger partial charge in [0.05, 0.1) is 21.5 Å². The maximum absolute atomic E-state index is 12.9. The highest BCUT2D eigenvalue weighted by Crippen LogP contribution is 2.24. The lowest BCUT2D eigenvalue weighted by Crippen LogP contribution is -2.49. The van der Waals surface area contributed by atoms with Crippen molar-refractivity contribution in [3.05, 3.63) is 56.1 Å². The highest BCUT2D eigenvalue weighted by atomic mass is 16.6. The van der Waals surface area contributed by atoms with E-state index in [4.69, 9.17) is 0 Å². The van der Waals surface area contributed by atoms with E-state index in [1.165, 1.54) is 4.90 Å². The average Bonchev–Trinajstić information content (AvgIpc) is 2.84. The van der Waals surface area contributed by atoms with E-state index in [1.807, 2.05) is 17.0 Å². The molecular weight excluding hydrogens is 432 g/mol. The number of nitro groups is 2. The first kappa shape index (κ1) is 22.3. The molecular formula is C20H24N8O5. The van der Waals surface area contributed by atoms with Gasteiger partial charge in [-0.05, 0) is 19.2 Å². The number of carbonyl (C=O) groups excluding carboxylic acids is 1. The summed E-state index contributed by atoms with van der Waals surface area (Å²) in [5.41, 5.74) is -1.04. The molecule has 4 rings (SSSR count). The van der Waals surface area contributed by atoms with Crippen molar-refractivity contribution in [3.63, 3.8) is 0 Å². The Bertz CT molecular complexity index is 1010. The highest BCUT2D eigenvalue weighted by Gasteiger charge is 2.27. The van der Waals surface area contributed by atoms with Crippen molar-refractivity contribution in [3.8, 4) is 0 Å². The van der Waals surface area contributed by atoms with Crippen LogP contribution in [-0.4, -0.2) is 95.2 Å². The van der Waals surface area contributed by atoms with Crippen LogP contribution in [0.3, 0.4) is 0 Å². The van der Waals surface area contributed by atoms with E-state index in [-0.39, 0.29) is 5.56 Å². The minimum atomic E-state index is -0.744. The topological polar surface area (TPSA) is 142 Å². The summed E-state index contributed by atoms with van der Waals surface area (Å²) in [5.74, 6) is 1.08. The predicted octanol–water partition coefficient (Wildman–Crippen LogP) is 1.01. The van der Waals surface area contributed by atoms with E-state index in [0.29, 0.717) is 32.0 Å². The van der Waals surface area contributed by atoms with Gasteiger partial charge in [0.1, 0.15) is 0 Å². The van der Waals surface area contributed by atoms with Gasteiger partial charge >= 0.3 is 0 Å². The van der Waals surface area contributed by atoms with Crippen LogP contribution in [0, 0.1) is 20.2 Å². The number of likely N-dealkylation sites (N-methyl/N-ethyl adjacent to an activating group) is 1. The largest absolute Gasteiger partial charge is 0.353 e. The maximum Gasteiger partial charge on any atom is 0.277 e. The molecule has 174 valence electrons. The van der Waals surface area contributed by atoms with Gasteiger partial charge in [-0.1, -0.05) is 0 Å². The third-order valence-electron chi connectivity index (χ3n) is 5.93. The molecule has 2 aromatic rings. The number of nitrogens with zero attached hydrogens (tertiary/aromatic N) is 8. The number of aromatic nitrogens is 2. The molecule has 0 bridgehead atoms. The van der Waals surface area contributed by atoms with Gasteiger partial charge in [-0.2, -0.15) is 0 Å². The summed E-state index contributed by atoms with van der Waals surface area (Å²) < 4.78 is 0. The summed E-state index contributed by atoms with van der Waals surface area (Å²) in [7, 11) is 2.09. The Balaban J connectivity index is 1.39. The second kappa shape index (κ2) is 9.32. The quantitative estimate of drug-likeness (QED) is 0.472. The monoisotopic (exact) mass is 456 g/mol. The van der Waals surface area contributed by atoms with Gasteiger partial charge in [0.25, 0.3) is 17.3 Å². The van der Waals surface area contributed by atoms with E-state index in [2.05, 4.69) is 27.0 Å². The standard InChI is InChI=1S/C20H24N8O5/c1-23-4-6-24(7-5-23)18-2-3-19(22-21-18)25-8-10-26(11-9-25)20(29)15-12-16(27(30)31)14-17(13-15)28(32)33/h2-3,12-14H,4-11H2,1H3. The van der Waals surface area contributed by atoms with Gasteiger partial charge in [0.2, 0.25) is 0 Å². The fourth-order valence-corrected chi connectivity index (χ4v) is 3.94. The van der Waals surface area contributed by atoms with E-state index in [9.17, 15) is 25.0 Å². The second-order valence-electron chi connectivity index (χ2n) is 8.07. The average molecular weight is 456 g/mol. The predicted molar refractivity (Wildman–Crippen MR) is 120 cm³/mol. The number of rotatable bonds is 5. The molecule has 13 nitrogen and oxygen atoms in total. The number of hydrogen-bond acceptors (Lipinski definition) is 10. The summed E-state index contributed by atoms with van der Waals surface area (Å²) in [6.07, 6.45) is 0. The molecule has 13 heteroatoms. The van der Waals surface area contributed by atoms with Gasteiger partial charge < -0.3 is 19.6 Å². The van der Waals surface area contributed by atoms with Crippen LogP contribution in [0.1, 0.15) is 10.4 Å². The first-order valence-corrected chi connectivity index (χ1v) is 10.6. The van der Waals surface area contributed by atoms with Gasteiger partial charge in [-0.15, -0.1) is 10.2 Å². The Morgan fingerprint density at radius 1 is 0.788 bits per heavy atom. The lowest BCUT2D eigenvalue weighted by Gasteiger charge is -2.35. The Morgan fingerprint density at radius 3 is 1.67 bits per heavy atom. The normalized spacial score (nSPS) is 17.2. The van der Waals surface area contributed by atoms with Crippen molar-refractivity contribution in [1.82, 2.24) is 20.0 Å². The summed E-state index contributed by atoms with van der Waals surface area (Å²) >= 11 is 0. The number of hydrogen-bond donors (Lipinski definition) is 0. The van der Waals surface area contributed by atoms with Crippen LogP contribution in [0.4, 0.5) is 23.0 Å². The van der Waals surface area contributed by atoms with Crippen molar-refractivity contribution in [2.45, 2.75) is 0 Å². The second-order valence-corrected chi connectivity index (χ2v) is 8.07. The molecule has 0 saturated carbocycles. The molecule has 33 heavy (non-hydrogen) atoms. The number of piperazine rings is 2. The fourth-order valence-electron chi connectivity index (χ4n) is 3.94. The van der Waals surface area contributed by atoms with Gasteiger partial charge in [0.15, 0.2) is 11.6 Å². The molecule has 2 saturated heterocycles. The van der Waals surface area contributed by atoms with Crippen molar-refractivity contribution in [1.29, 1.82) is 0 Å². The van der Waals surface area contributed by atoms with Crippen LogP contribution in [-0.2, 0) is 0 Å². The van der Waals surface area contributed by atoms with Crippen LogP contribution in [0.2, 0.25) is 0 Å². The minimum Gasteiger partial charge on any atom is -0.353 e. The van der Waals surface area contributed by atoms with E-state index < -0.39 is 27.1 Å². The smallest absolute Gasteiger partial charge is 0.277 e. The van der Waals surface area contributed by atoms with Crippen LogP contribution >= 0.6 is 0 Å². The SMILES string of the molecule is CN1CCN(c2ccc(N3CCN(C(=O)c4cc([N+](=O)[O-])cc([N+](=O)[O-])c4)CC3)nn2)CC1. The third-order valence-corrected chi connectivity index (χ3v) is 5.93. The third kappa shape index (κ3) is 4.98. The van der Waals surface area contributed by atoms with Crippen molar-refractivity contribution in [2.24, 2.45) is 0 Å². The van der Waals surface area contributed by atoms with E-state index >= 15 is 0 Å². The van der Waals surface area contributed by atoms with Crippen LogP contribution in [0.5, 0.6) is 0 Å². The summed E-state index contributed by atoms with van der Waals surface area (Å²) in [4.78, 5) is 41.6. The molecule has 0 N–H and O–H groups in total. The molecule has 0 atom stereocenters. The minimum absolute atomic E-state index is 0.0688. The fraction of sp³-hybridized carbons (Fsp3) is 0.450. The number of non-ortho nitro benzene ring substituents is 2. The summed E-state index contributed by atoms with van der Waals surface area (Å²) in [5, 5.41) is 30.9. The van der Waals surface area contributed by atoms with Crippen LogP contribution in [0.15, 0.2) is 30.3 Å². The van der Waals surface area contributed by atoms with Crippen molar-refractivity contribution >= 4 is 28.9 Å². The molecule has 1 aromatic carbocycles. The molecule has 0 radical (unpaired) electrons. The number of carbonyl (C=O) groups is 1. The number of nitro benzene ring substituents is 2. The maximum atomic E-state index is 12.9. The zero-order chi connectivity index (χ0) is 23.5. The zero-order valence-electron chi connectivity index (χ0n) is 18.2. The highest BCUT2D eigenvalue weighted by molar-refractivity contribution is 5.95. The Kier molecular flexibility index (Phi) is 6.31. The molecule has 0 aliphatic carbocycles. The molecule has 0 spiro atoms. The first-order chi connectivity index (χ1) is 15.8. The number of amides is 1. The molecule has 2 aliphatic rings. The summed E-state index contributed by atoms with van der Waals surface area (Å²) in [6.45, 7) is 5.49. The lowest BCUT2D eigenvalue weighted by atomic mass is 10.1. The van der Waals surface area contributed by atoms with E-state index in [0.717, 1.165) is 50.2 Å². The number of benzene rings is 1. The molecule has 3 heterocycles. The molecule has 0 unspecified atom stereocenters.